The molecule has 1 aromatic heterocycles. The van der Waals surface area contributed by atoms with Gasteiger partial charge in [-0.25, -0.2) is 4.98 Å². The molecule has 2 bridgehead atoms. The standard InChI is InChI=1S/C14H19N3O5S/c1-9-15-7-12(17(19)20)16(9)23(21,22)8-14-5-4-10(6-11(14)18)13(14,2)3/h7,10H,4-6,8H2,1-3H3/t10-,14+/m1/s1. The molecule has 2 aliphatic carbocycles. The van der Waals surface area contributed by atoms with Crippen LogP contribution in [0.5, 0.6) is 0 Å². The number of aryl methyl sites for hydroxylation is 1. The van der Waals surface area contributed by atoms with Gasteiger partial charge in [0.2, 0.25) is 5.82 Å². The van der Waals surface area contributed by atoms with Crippen LogP contribution in [0.25, 0.3) is 0 Å². The summed E-state index contributed by atoms with van der Waals surface area (Å²) in [6.07, 6.45) is 2.67. The molecule has 1 heterocycles. The van der Waals surface area contributed by atoms with Gasteiger partial charge in [0, 0.05) is 13.3 Å². The molecule has 0 aromatic carbocycles. The summed E-state index contributed by atoms with van der Waals surface area (Å²) in [6.45, 7) is 5.27. The van der Waals surface area contributed by atoms with Gasteiger partial charge in [0.05, 0.1) is 5.41 Å². The summed E-state index contributed by atoms with van der Waals surface area (Å²) >= 11 is 0. The van der Waals surface area contributed by atoms with E-state index in [1.807, 2.05) is 13.8 Å². The number of Topliss-reactive ketones (excluding diaryl/α,β-unsaturated/α-hetero) is 1. The van der Waals surface area contributed by atoms with E-state index in [4.69, 9.17) is 0 Å². The number of nitro groups is 1. The molecule has 2 aliphatic rings. The van der Waals surface area contributed by atoms with E-state index < -0.39 is 37.3 Å². The maximum absolute atomic E-state index is 12.9. The smallest absolute Gasteiger partial charge is 0.358 e. The largest absolute Gasteiger partial charge is 0.358 e. The van der Waals surface area contributed by atoms with Crippen LogP contribution in [-0.4, -0.2) is 33.8 Å². The van der Waals surface area contributed by atoms with Crippen LogP contribution in [0.2, 0.25) is 0 Å². The number of carbonyl (C=O) groups excluding carboxylic acids is 1. The monoisotopic (exact) mass is 341 g/mol. The number of rotatable bonds is 4. The highest BCUT2D eigenvalue weighted by Gasteiger charge is 2.66. The van der Waals surface area contributed by atoms with Gasteiger partial charge < -0.3 is 10.1 Å². The minimum absolute atomic E-state index is 0.0332. The zero-order valence-corrected chi connectivity index (χ0v) is 14.1. The van der Waals surface area contributed by atoms with Crippen molar-refractivity contribution in [3.05, 3.63) is 22.1 Å². The van der Waals surface area contributed by atoms with Crippen LogP contribution in [0, 0.1) is 33.8 Å². The summed E-state index contributed by atoms with van der Waals surface area (Å²) in [6, 6.07) is 0. The first-order valence-corrected chi connectivity index (χ1v) is 9.09. The summed E-state index contributed by atoms with van der Waals surface area (Å²) in [5.41, 5.74) is -1.37. The molecule has 0 radical (unpaired) electrons. The molecule has 2 fully saturated rings. The van der Waals surface area contributed by atoms with Crippen LogP contribution >= 0.6 is 0 Å². The van der Waals surface area contributed by atoms with Crippen molar-refractivity contribution in [2.75, 3.05) is 5.75 Å². The van der Waals surface area contributed by atoms with Crippen molar-refractivity contribution in [3.8, 4) is 0 Å². The highest BCUT2D eigenvalue weighted by atomic mass is 32.2. The molecule has 2 atom stereocenters. The molecule has 23 heavy (non-hydrogen) atoms. The number of hydrogen-bond acceptors (Lipinski definition) is 6. The predicted octanol–water partition coefficient (Wildman–Crippen LogP) is 1.67. The van der Waals surface area contributed by atoms with Crippen molar-refractivity contribution in [1.82, 2.24) is 8.96 Å². The number of hydrogen-bond donors (Lipinski definition) is 0. The number of aromatic nitrogens is 2. The maximum Gasteiger partial charge on any atom is 0.358 e. The third-order valence-corrected chi connectivity index (χ3v) is 7.77. The van der Waals surface area contributed by atoms with Crippen LogP contribution < -0.4 is 0 Å². The van der Waals surface area contributed by atoms with E-state index in [1.165, 1.54) is 6.92 Å². The molecular weight excluding hydrogens is 322 g/mol. The Bertz CT molecular complexity index is 810. The summed E-state index contributed by atoms with van der Waals surface area (Å²) in [5.74, 6) is -0.810. The molecule has 3 rings (SSSR count). The lowest BCUT2D eigenvalue weighted by molar-refractivity contribution is -0.390. The van der Waals surface area contributed by atoms with Crippen molar-refractivity contribution in [2.45, 2.75) is 40.0 Å². The summed E-state index contributed by atoms with van der Waals surface area (Å²) in [5, 5.41) is 11.1. The first-order valence-electron chi connectivity index (χ1n) is 7.48. The molecule has 0 N–H and O–H groups in total. The van der Waals surface area contributed by atoms with E-state index in [0.717, 1.165) is 12.6 Å². The van der Waals surface area contributed by atoms with Gasteiger partial charge in [0.15, 0.2) is 0 Å². The fourth-order valence-electron chi connectivity index (χ4n) is 4.37. The topological polar surface area (TPSA) is 112 Å². The molecule has 1 aromatic rings. The average Bonchev–Trinajstić information content (AvgIpc) is 2.97. The van der Waals surface area contributed by atoms with Crippen LogP contribution in [-0.2, 0) is 14.8 Å². The number of ketones is 1. The van der Waals surface area contributed by atoms with Crippen molar-refractivity contribution in [3.63, 3.8) is 0 Å². The van der Waals surface area contributed by atoms with Crippen molar-refractivity contribution < 1.29 is 18.1 Å². The van der Waals surface area contributed by atoms with E-state index >= 15 is 0 Å². The lowest BCUT2D eigenvalue weighted by atomic mass is 9.70. The molecule has 0 aliphatic heterocycles. The number of imidazole rings is 1. The van der Waals surface area contributed by atoms with Crippen molar-refractivity contribution >= 4 is 21.6 Å². The van der Waals surface area contributed by atoms with E-state index in [2.05, 4.69) is 4.98 Å². The third-order valence-electron chi connectivity index (χ3n) is 5.90. The average molecular weight is 341 g/mol. The number of carbonyl (C=O) groups is 1. The maximum atomic E-state index is 12.9. The second-order valence-electron chi connectivity index (χ2n) is 7.11. The number of fused-ring (bicyclic) bond motifs is 2. The predicted molar refractivity (Wildman–Crippen MR) is 81.4 cm³/mol. The van der Waals surface area contributed by atoms with Gasteiger partial charge in [-0.05, 0) is 29.1 Å². The van der Waals surface area contributed by atoms with E-state index in [0.29, 0.717) is 16.8 Å². The van der Waals surface area contributed by atoms with Gasteiger partial charge >= 0.3 is 15.8 Å². The zero-order valence-electron chi connectivity index (χ0n) is 13.3. The Morgan fingerprint density at radius 2 is 2.13 bits per heavy atom. The van der Waals surface area contributed by atoms with Crippen molar-refractivity contribution in [2.24, 2.45) is 16.7 Å². The quantitative estimate of drug-likeness (QED) is 0.608. The highest BCUT2D eigenvalue weighted by molar-refractivity contribution is 7.90. The van der Waals surface area contributed by atoms with Crippen LogP contribution in [0.4, 0.5) is 5.82 Å². The fourth-order valence-corrected chi connectivity index (χ4v) is 6.65. The van der Waals surface area contributed by atoms with Gasteiger partial charge in [-0.15, -0.1) is 0 Å². The van der Waals surface area contributed by atoms with Crippen LogP contribution in [0.1, 0.15) is 38.9 Å². The van der Waals surface area contributed by atoms with Crippen LogP contribution in [0.15, 0.2) is 6.20 Å². The molecule has 126 valence electrons. The van der Waals surface area contributed by atoms with E-state index in [-0.39, 0.29) is 17.5 Å². The Kier molecular flexibility index (Phi) is 3.24. The molecular formula is C14H19N3O5S. The lowest BCUT2D eigenvalue weighted by Crippen LogP contribution is -2.43. The number of nitrogens with zero attached hydrogens (tertiary/aromatic N) is 3. The molecule has 0 spiro atoms. The SMILES string of the molecule is Cc1ncc([N+](=O)[O-])n1S(=O)(=O)C[C@@]12CC[C@H](CC1=O)C2(C)C. The Morgan fingerprint density at radius 3 is 2.61 bits per heavy atom. The molecule has 8 nitrogen and oxygen atoms in total. The van der Waals surface area contributed by atoms with Crippen molar-refractivity contribution in [1.29, 1.82) is 0 Å². The minimum atomic E-state index is -4.06. The summed E-state index contributed by atoms with van der Waals surface area (Å²) < 4.78 is 26.4. The molecule has 0 amide bonds. The van der Waals surface area contributed by atoms with E-state index in [1.54, 1.807) is 0 Å². The Balaban J connectivity index is 2.08. The summed E-state index contributed by atoms with van der Waals surface area (Å²) in [7, 11) is -4.06. The normalized spacial score (nSPS) is 29.2. The first kappa shape index (κ1) is 16.1. The Morgan fingerprint density at radius 1 is 1.48 bits per heavy atom. The van der Waals surface area contributed by atoms with E-state index in [9.17, 15) is 23.3 Å². The molecule has 9 heteroatoms. The molecule has 0 unspecified atom stereocenters. The summed E-state index contributed by atoms with van der Waals surface area (Å²) in [4.78, 5) is 26.6. The highest BCUT2D eigenvalue weighted by Crippen LogP contribution is 2.64. The second-order valence-corrected chi connectivity index (χ2v) is 8.93. The van der Waals surface area contributed by atoms with Gasteiger partial charge in [0.1, 0.15) is 17.7 Å². The Hall–Kier alpha value is -1.77. The third kappa shape index (κ3) is 1.98. The molecule has 2 saturated carbocycles. The zero-order chi connectivity index (χ0) is 17.2. The second kappa shape index (κ2) is 4.62. The first-order chi connectivity index (χ1) is 10.5. The molecule has 0 saturated heterocycles. The fraction of sp³-hybridized carbons (Fsp3) is 0.714. The minimum Gasteiger partial charge on any atom is -0.358 e. The van der Waals surface area contributed by atoms with Gasteiger partial charge in [0.25, 0.3) is 0 Å². The Labute approximate surface area is 134 Å². The van der Waals surface area contributed by atoms with Crippen LogP contribution in [0.3, 0.4) is 0 Å². The lowest BCUT2D eigenvalue weighted by Gasteiger charge is -2.35. The van der Waals surface area contributed by atoms with Gasteiger partial charge in [-0.2, -0.15) is 8.42 Å². The van der Waals surface area contributed by atoms with Gasteiger partial charge in [-0.3, -0.25) is 4.79 Å². The van der Waals surface area contributed by atoms with Gasteiger partial charge in [-0.1, -0.05) is 17.8 Å².